The maximum Gasteiger partial charge on any atom is 0.140 e. The smallest absolute Gasteiger partial charge is 0.140 e. The van der Waals surface area contributed by atoms with Gasteiger partial charge in [0.15, 0.2) is 0 Å². The quantitative estimate of drug-likeness (QED) is 0.371. The molecule has 0 aliphatic carbocycles. The summed E-state index contributed by atoms with van der Waals surface area (Å²) >= 11 is 14.4. The molecule has 5 heteroatoms. The van der Waals surface area contributed by atoms with E-state index in [9.17, 15) is 4.39 Å². The van der Waals surface area contributed by atoms with Crippen LogP contribution in [-0.2, 0) is 0 Å². The van der Waals surface area contributed by atoms with Crippen molar-refractivity contribution in [1.82, 2.24) is 0 Å². The highest BCUT2D eigenvalue weighted by Gasteiger charge is 2.15. The predicted octanol–water partition coefficient (Wildman–Crippen LogP) is 6.47. The molecule has 112 valence electrons. The highest BCUT2D eigenvalue weighted by molar-refractivity contribution is 14.1. The number of alkyl halides is 1. The van der Waals surface area contributed by atoms with Gasteiger partial charge >= 0.3 is 0 Å². The molecule has 2 rings (SSSR count). The van der Waals surface area contributed by atoms with Gasteiger partial charge in [0.2, 0.25) is 0 Å². The fraction of sp³-hybridized carbons (Fsp3) is 0.250. The van der Waals surface area contributed by atoms with E-state index >= 15 is 0 Å². The average Bonchev–Trinajstić information content (AvgIpc) is 2.48. The van der Waals surface area contributed by atoms with Crippen LogP contribution in [0.5, 0.6) is 5.75 Å². The van der Waals surface area contributed by atoms with Crippen molar-refractivity contribution in [3.05, 3.63) is 63.9 Å². The Hall–Kier alpha value is -0.520. The minimum atomic E-state index is -0.257. The molecule has 1 nitrogen and oxygen atoms in total. The summed E-state index contributed by atoms with van der Waals surface area (Å²) in [5, 5.41) is 1.09. The van der Waals surface area contributed by atoms with Gasteiger partial charge in [0.05, 0.1) is 5.02 Å². The molecule has 0 heterocycles. The summed E-state index contributed by atoms with van der Waals surface area (Å²) in [7, 11) is 0. The number of benzene rings is 2. The van der Waals surface area contributed by atoms with Gasteiger partial charge in [0.25, 0.3) is 0 Å². The minimum Gasteiger partial charge on any atom is -0.484 e. The van der Waals surface area contributed by atoms with E-state index < -0.39 is 0 Å². The van der Waals surface area contributed by atoms with Gasteiger partial charge in [-0.05, 0) is 47.1 Å². The van der Waals surface area contributed by atoms with E-state index in [1.165, 1.54) is 12.1 Å². The van der Waals surface area contributed by atoms with Crippen LogP contribution in [0.2, 0.25) is 10.0 Å². The number of hydrogen-bond donors (Lipinski definition) is 0. The third kappa shape index (κ3) is 5.01. The molecular weight excluding hydrogens is 425 g/mol. The summed E-state index contributed by atoms with van der Waals surface area (Å²) in [4.78, 5) is 0. The zero-order valence-electron chi connectivity index (χ0n) is 11.2. The fourth-order valence-corrected chi connectivity index (χ4v) is 2.72. The molecule has 2 aromatic rings. The Bertz CT molecular complexity index is 589. The molecule has 0 unspecified atom stereocenters. The second-order valence-electron chi connectivity index (χ2n) is 4.56. The minimum absolute atomic E-state index is 0.170. The van der Waals surface area contributed by atoms with E-state index in [-0.39, 0.29) is 11.9 Å². The van der Waals surface area contributed by atoms with Crippen LogP contribution in [0.1, 0.15) is 24.5 Å². The van der Waals surface area contributed by atoms with E-state index in [1.807, 2.05) is 0 Å². The van der Waals surface area contributed by atoms with E-state index in [4.69, 9.17) is 27.9 Å². The number of ether oxygens (including phenoxy) is 1. The van der Waals surface area contributed by atoms with Gasteiger partial charge in [-0.15, -0.1) is 0 Å². The first-order valence-electron chi connectivity index (χ1n) is 6.53. The first-order valence-corrected chi connectivity index (χ1v) is 8.81. The summed E-state index contributed by atoms with van der Waals surface area (Å²) in [5.74, 6) is 0.291. The largest absolute Gasteiger partial charge is 0.484 e. The van der Waals surface area contributed by atoms with Crippen LogP contribution in [0.3, 0.4) is 0 Å². The van der Waals surface area contributed by atoms with Gasteiger partial charge in [-0.1, -0.05) is 57.9 Å². The third-order valence-electron chi connectivity index (χ3n) is 3.00. The van der Waals surface area contributed by atoms with Gasteiger partial charge < -0.3 is 4.74 Å². The van der Waals surface area contributed by atoms with Crippen LogP contribution in [-0.4, -0.2) is 4.43 Å². The Morgan fingerprint density at radius 2 is 1.81 bits per heavy atom. The molecule has 0 N–H and O–H groups in total. The lowest BCUT2D eigenvalue weighted by Gasteiger charge is -2.20. The van der Waals surface area contributed by atoms with Crippen LogP contribution in [0.15, 0.2) is 42.5 Å². The van der Waals surface area contributed by atoms with Crippen molar-refractivity contribution < 1.29 is 9.13 Å². The Balaban J connectivity index is 2.23. The van der Waals surface area contributed by atoms with Crippen LogP contribution < -0.4 is 4.74 Å². The number of hydrogen-bond acceptors (Lipinski definition) is 1. The lowest BCUT2D eigenvalue weighted by atomic mass is 10.1. The predicted molar refractivity (Wildman–Crippen MR) is 94.4 cm³/mol. The summed E-state index contributed by atoms with van der Waals surface area (Å²) < 4.78 is 20.1. The Labute approximate surface area is 147 Å². The molecule has 0 fully saturated rings. The maximum absolute atomic E-state index is 13.1. The third-order valence-corrected chi connectivity index (χ3v) is 4.31. The van der Waals surface area contributed by atoms with Crippen molar-refractivity contribution in [3.8, 4) is 5.75 Å². The molecule has 0 saturated heterocycles. The SMILES string of the molecule is Fc1ccc([C@H](CCCI)Oc2cc(Cl)ccc2Cl)cc1. The van der Waals surface area contributed by atoms with Crippen molar-refractivity contribution >= 4 is 45.8 Å². The van der Waals surface area contributed by atoms with Crippen molar-refractivity contribution in [3.63, 3.8) is 0 Å². The van der Waals surface area contributed by atoms with E-state index in [0.29, 0.717) is 15.8 Å². The van der Waals surface area contributed by atoms with Gasteiger partial charge in [-0.2, -0.15) is 0 Å². The summed E-state index contributed by atoms with van der Waals surface area (Å²) in [6.45, 7) is 0. The number of halogens is 4. The van der Waals surface area contributed by atoms with Crippen LogP contribution in [0, 0.1) is 5.82 Å². The van der Waals surface area contributed by atoms with Gasteiger partial charge in [0, 0.05) is 11.1 Å². The molecular formula is C16H14Cl2FIO. The summed E-state index contributed by atoms with van der Waals surface area (Å²) in [6.07, 6.45) is 1.66. The lowest BCUT2D eigenvalue weighted by Crippen LogP contribution is -2.08. The first-order chi connectivity index (χ1) is 10.1. The molecule has 2 aromatic carbocycles. The normalized spacial score (nSPS) is 12.2. The van der Waals surface area contributed by atoms with Crippen LogP contribution >= 0.6 is 45.8 Å². The highest BCUT2D eigenvalue weighted by atomic mass is 127. The molecule has 0 radical (unpaired) electrons. The van der Waals surface area contributed by atoms with Gasteiger partial charge in [0.1, 0.15) is 17.7 Å². The molecule has 0 amide bonds. The second kappa shape index (κ2) is 8.20. The Morgan fingerprint density at radius 3 is 2.48 bits per heavy atom. The second-order valence-corrected chi connectivity index (χ2v) is 6.49. The molecule has 0 aliphatic rings. The zero-order valence-corrected chi connectivity index (χ0v) is 14.8. The van der Waals surface area contributed by atoms with Gasteiger partial charge in [-0.3, -0.25) is 0 Å². The van der Waals surface area contributed by atoms with E-state index in [0.717, 1.165) is 22.8 Å². The zero-order chi connectivity index (χ0) is 15.2. The molecule has 0 saturated carbocycles. The van der Waals surface area contributed by atoms with Crippen LogP contribution in [0.4, 0.5) is 4.39 Å². The standard InChI is InChI=1S/C16H14Cl2FIO/c17-12-5-8-14(18)16(10-12)21-15(2-1-9-20)11-3-6-13(19)7-4-11/h3-8,10,15H,1-2,9H2/t15-/m0/s1. The fourth-order valence-electron chi connectivity index (χ4n) is 1.95. The van der Waals surface area contributed by atoms with Gasteiger partial charge in [-0.25, -0.2) is 4.39 Å². The first kappa shape index (κ1) is 16.8. The molecule has 0 bridgehead atoms. The van der Waals surface area contributed by atoms with Crippen molar-refractivity contribution in [2.24, 2.45) is 0 Å². The Kier molecular flexibility index (Phi) is 6.58. The molecule has 1 atom stereocenters. The van der Waals surface area contributed by atoms with Crippen LogP contribution in [0.25, 0.3) is 0 Å². The number of rotatable bonds is 6. The topological polar surface area (TPSA) is 9.23 Å². The highest BCUT2D eigenvalue weighted by Crippen LogP contribution is 2.33. The summed E-state index contributed by atoms with van der Waals surface area (Å²) in [6, 6.07) is 11.5. The van der Waals surface area contributed by atoms with E-state index in [2.05, 4.69) is 22.6 Å². The van der Waals surface area contributed by atoms with Crippen molar-refractivity contribution in [2.45, 2.75) is 18.9 Å². The molecule has 21 heavy (non-hydrogen) atoms. The monoisotopic (exact) mass is 438 g/mol. The van der Waals surface area contributed by atoms with Crippen molar-refractivity contribution in [2.75, 3.05) is 4.43 Å². The Morgan fingerprint density at radius 1 is 1.10 bits per heavy atom. The maximum atomic E-state index is 13.1. The molecule has 0 aliphatic heterocycles. The van der Waals surface area contributed by atoms with Crippen molar-refractivity contribution in [1.29, 1.82) is 0 Å². The lowest BCUT2D eigenvalue weighted by molar-refractivity contribution is 0.194. The molecule has 0 spiro atoms. The summed E-state index contributed by atoms with van der Waals surface area (Å²) in [5.41, 5.74) is 0.928. The molecule has 0 aromatic heterocycles. The van der Waals surface area contributed by atoms with E-state index in [1.54, 1.807) is 30.3 Å². The average molecular weight is 439 g/mol.